The number of nitrogens with zero attached hydrogens (tertiary/aromatic N) is 5. The van der Waals surface area contributed by atoms with E-state index in [1.807, 2.05) is 23.9 Å². The highest BCUT2D eigenvalue weighted by molar-refractivity contribution is 6.05. The van der Waals surface area contributed by atoms with Crippen LogP contribution in [0.15, 0.2) is 60.8 Å². The molecule has 9 heteroatoms. The van der Waals surface area contributed by atoms with E-state index >= 15 is 0 Å². The average molecular weight is 487 g/mol. The second-order valence-electron chi connectivity index (χ2n) is 8.84. The number of piperidine rings is 1. The Morgan fingerprint density at radius 1 is 1.00 bits per heavy atom. The number of allylic oxidation sites excluding steroid dienone is 1. The molecule has 0 spiro atoms. The first-order valence-electron chi connectivity index (χ1n) is 12.0. The highest BCUT2D eigenvalue weighted by atomic mass is 16.2. The number of amides is 1. The maximum atomic E-state index is 12.7. The van der Waals surface area contributed by atoms with Gasteiger partial charge in [-0.1, -0.05) is 24.3 Å². The van der Waals surface area contributed by atoms with E-state index in [1.54, 1.807) is 60.8 Å². The topological polar surface area (TPSA) is 100 Å². The number of rotatable bonds is 8. The smallest absolute Gasteiger partial charge is 0.278 e. The summed E-state index contributed by atoms with van der Waals surface area (Å²) in [5.41, 5.74) is 1.55. The maximum absolute atomic E-state index is 12.7. The van der Waals surface area contributed by atoms with E-state index in [1.165, 1.54) is 17.2 Å². The Kier molecular flexibility index (Phi) is 7.89. The highest BCUT2D eigenvalue weighted by Crippen LogP contribution is 2.13. The van der Waals surface area contributed by atoms with E-state index in [2.05, 4.69) is 15.4 Å². The molecule has 1 aromatic carbocycles. The summed E-state index contributed by atoms with van der Waals surface area (Å²) in [7, 11) is 3.72. The average Bonchev–Trinajstić information content (AvgIpc) is 3.42. The first-order chi connectivity index (χ1) is 17.4. The lowest BCUT2D eigenvalue weighted by atomic mass is 10.1. The third-order valence-corrected chi connectivity index (χ3v) is 5.96. The predicted octanol–water partition coefficient (Wildman–Crippen LogP) is 3.35. The molecule has 0 unspecified atom stereocenters. The molecule has 0 radical (unpaired) electrons. The van der Waals surface area contributed by atoms with Gasteiger partial charge in [0.25, 0.3) is 5.91 Å². The molecule has 186 valence electrons. The number of carbonyl (C=O) groups is 3. The van der Waals surface area contributed by atoms with E-state index in [0.29, 0.717) is 17.2 Å². The Labute approximate surface area is 210 Å². The lowest BCUT2D eigenvalue weighted by Gasteiger charge is -2.26. The summed E-state index contributed by atoms with van der Waals surface area (Å²) in [5, 5.41) is 7.28. The highest BCUT2D eigenvalue weighted by Gasteiger charge is 2.16. The molecule has 0 atom stereocenters. The second-order valence-corrected chi connectivity index (χ2v) is 8.84. The fraction of sp³-hybridized carbons (Fsp3) is 0.296. The lowest BCUT2D eigenvalue weighted by Crippen LogP contribution is -2.39. The van der Waals surface area contributed by atoms with Crippen LogP contribution in [0.5, 0.6) is 0 Å². The molecule has 36 heavy (non-hydrogen) atoms. The molecule has 1 N–H and O–H groups in total. The van der Waals surface area contributed by atoms with Crippen LogP contribution in [0.2, 0.25) is 0 Å². The summed E-state index contributed by atoms with van der Waals surface area (Å²) < 4.78 is 1.30. The molecule has 1 amide bonds. The molecule has 1 saturated heterocycles. The van der Waals surface area contributed by atoms with Crippen molar-refractivity contribution in [1.29, 1.82) is 0 Å². The number of pyridine rings is 1. The maximum Gasteiger partial charge on any atom is 0.278 e. The first kappa shape index (κ1) is 24.8. The third kappa shape index (κ3) is 6.24. The van der Waals surface area contributed by atoms with Gasteiger partial charge in [-0.2, -0.15) is 0 Å². The van der Waals surface area contributed by atoms with Crippen LogP contribution < -0.4 is 10.2 Å². The Morgan fingerprint density at radius 2 is 1.75 bits per heavy atom. The van der Waals surface area contributed by atoms with Crippen LogP contribution in [0, 0.1) is 0 Å². The van der Waals surface area contributed by atoms with E-state index in [-0.39, 0.29) is 29.8 Å². The van der Waals surface area contributed by atoms with Crippen molar-refractivity contribution in [3.63, 3.8) is 0 Å². The standard InChI is InChI=1S/C27H30N6O3/c1-31(2)25-15-18-33(30-25)27(36)21-12-9-20(10-13-21)11-14-23(34)22-7-6-8-24(29-22)28-19-26(35)32-16-4-3-5-17-32/h6-15,18H,3-5,16-17,19H2,1-2H3,(H,28,29). The SMILES string of the molecule is CN(C)c1ccn(C(=O)c2ccc(C=CC(=O)c3cccc(NCC(=O)N4CCCCC4)n3)cc2)n1. The van der Waals surface area contributed by atoms with Crippen molar-refractivity contribution in [2.24, 2.45) is 0 Å². The molecule has 0 aliphatic carbocycles. The van der Waals surface area contributed by atoms with Crippen LogP contribution in [0.3, 0.4) is 0 Å². The minimum atomic E-state index is -0.256. The van der Waals surface area contributed by atoms with Crippen molar-refractivity contribution in [3.8, 4) is 0 Å². The predicted molar refractivity (Wildman–Crippen MR) is 139 cm³/mol. The number of nitrogens with one attached hydrogen (secondary N) is 1. The minimum Gasteiger partial charge on any atom is -0.361 e. The molecule has 1 aliphatic rings. The van der Waals surface area contributed by atoms with Gasteiger partial charge in [-0.3, -0.25) is 14.4 Å². The van der Waals surface area contributed by atoms with Crippen LogP contribution in [0.4, 0.5) is 11.6 Å². The van der Waals surface area contributed by atoms with E-state index < -0.39 is 0 Å². The molecule has 3 aromatic rings. The molecular weight excluding hydrogens is 456 g/mol. The van der Waals surface area contributed by atoms with Gasteiger partial charge in [0.2, 0.25) is 11.7 Å². The van der Waals surface area contributed by atoms with E-state index in [4.69, 9.17) is 0 Å². The van der Waals surface area contributed by atoms with Crippen LogP contribution in [-0.4, -0.2) is 71.0 Å². The van der Waals surface area contributed by atoms with Crippen molar-refractivity contribution in [2.75, 3.05) is 43.9 Å². The third-order valence-electron chi connectivity index (χ3n) is 5.96. The largest absolute Gasteiger partial charge is 0.361 e. The van der Waals surface area contributed by atoms with Crippen molar-refractivity contribution in [2.45, 2.75) is 19.3 Å². The van der Waals surface area contributed by atoms with Gasteiger partial charge in [0.05, 0.1) is 6.54 Å². The van der Waals surface area contributed by atoms with Gasteiger partial charge in [0, 0.05) is 45.0 Å². The zero-order valence-electron chi connectivity index (χ0n) is 20.6. The Bertz CT molecular complexity index is 1260. The normalized spacial score (nSPS) is 13.6. The van der Waals surface area contributed by atoms with Gasteiger partial charge in [0.15, 0.2) is 5.82 Å². The molecule has 1 fully saturated rings. The van der Waals surface area contributed by atoms with Crippen LogP contribution in [-0.2, 0) is 4.79 Å². The summed E-state index contributed by atoms with van der Waals surface area (Å²) in [6.45, 7) is 1.75. The summed E-state index contributed by atoms with van der Waals surface area (Å²) in [5.74, 6) is 0.734. The molecule has 0 bridgehead atoms. The van der Waals surface area contributed by atoms with Crippen molar-refractivity contribution in [3.05, 3.63) is 77.6 Å². The first-order valence-corrected chi connectivity index (χ1v) is 12.0. The van der Waals surface area contributed by atoms with Gasteiger partial charge in [-0.25, -0.2) is 9.67 Å². The Morgan fingerprint density at radius 3 is 2.44 bits per heavy atom. The van der Waals surface area contributed by atoms with Crippen LogP contribution in [0.25, 0.3) is 6.08 Å². The number of ketones is 1. The van der Waals surface area contributed by atoms with Gasteiger partial charge in [-0.15, -0.1) is 5.10 Å². The van der Waals surface area contributed by atoms with E-state index in [0.717, 1.165) is 31.5 Å². The molecule has 1 aliphatic heterocycles. The summed E-state index contributed by atoms with van der Waals surface area (Å²) in [6, 6.07) is 13.8. The van der Waals surface area contributed by atoms with Crippen molar-refractivity contribution in [1.82, 2.24) is 19.7 Å². The number of carbonyl (C=O) groups excluding carboxylic acids is 3. The summed E-state index contributed by atoms with van der Waals surface area (Å²) >= 11 is 0. The minimum absolute atomic E-state index is 0.0424. The Balaban J connectivity index is 1.34. The number of likely N-dealkylation sites (tertiary alicyclic amines) is 1. The zero-order valence-corrected chi connectivity index (χ0v) is 20.6. The number of benzene rings is 1. The fourth-order valence-electron chi connectivity index (χ4n) is 3.88. The second kappa shape index (κ2) is 11.4. The quantitative estimate of drug-likeness (QED) is 0.385. The van der Waals surface area contributed by atoms with Gasteiger partial charge in [0.1, 0.15) is 11.5 Å². The van der Waals surface area contributed by atoms with Gasteiger partial charge < -0.3 is 15.1 Å². The number of hydrogen-bond acceptors (Lipinski definition) is 7. The van der Waals surface area contributed by atoms with Crippen LogP contribution in [0.1, 0.15) is 45.7 Å². The van der Waals surface area contributed by atoms with Crippen molar-refractivity contribution >= 4 is 35.3 Å². The monoisotopic (exact) mass is 486 g/mol. The van der Waals surface area contributed by atoms with Gasteiger partial charge in [-0.05, 0) is 55.2 Å². The molecule has 9 nitrogen and oxygen atoms in total. The number of aromatic nitrogens is 3. The number of hydrogen-bond donors (Lipinski definition) is 1. The summed E-state index contributed by atoms with van der Waals surface area (Å²) in [6.07, 6.45) is 8.00. The summed E-state index contributed by atoms with van der Waals surface area (Å²) in [4.78, 5) is 45.7. The molecule has 2 aromatic heterocycles. The molecule has 4 rings (SSSR count). The van der Waals surface area contributed by atoms with Gasteiger partial charge >= 0.3 is 0 Å². The number of anilines is 2. The van der Waals surface area contributed by atoms with Crippen molar-refractivity contribution < 1.29 is 14.4 Å². The molecule has 3 heterocycles. The fourth-order valence-corrected chi connectivity index (χ4v) is 3.88. The Hall–Kier alpha value is -4.27. The molecule has 0 saturated carbocycles. The van der Waals surface area contributed by atoms with E-state index in [9.17, 15) is 14.4 Å². The lowest BCUT2D eigenvalue weighted by molar-refractivity contribution is -0.130. The van der Waals surface area contributed by atoms with Crippen LogP contribution >= 0.6 is 0 Å². The molecular formula is C27H30N6O3. The zero-order chi connectivity index (χ0) is 25.5.